The lowest BCUT2D eigenvalue weighted by atomic mass is 10.2. The van der Waals surface area contributed by atoms with E-state index < -0.39 is 0 Å². The standard InChI is InChI=1S/C18H26N4OS/c1-5-19-18(20-11-10-17-21-12-14(2)24-17)22(3)13-15-6-8-16(23-4)9-7-15/h6-9,12H,5,10-11,13H2,1-4H3,(H,19,20). The Morgan fingerprint density at radius 2 is 2.08 bits per heavy atom. The number of rotatable bonds is 7. The van der Waals surface area contributed by atoms with E-state index in [2.05, 4.69) is 48.2 Å². The normalized spacial score (nSPS) is 11.4. The Labute approximate surface area is 148 Å². The average Bonchev–Trinajstić information content (AvgIpc) is 3.00. The monoisotopic (exact) mass is 346 g/mol. The lowest BCUT2D eigenvalue weighted by molar-refractivity contribution is 0.414. The molecule has 1 aromatic carbocycles. The smallest absolute Gasteiger partial charge is 0.193 e. The van der Waals surface area contributed by atoms with Crippen molar-refractivity contribution < 1.29 is 4.74 Å². The van der Waals surface area contributed by atoms with Crippen molar-refractivity contribution in [2.24, 2.45) is 4.99 Å². The Bertz CT molecular complexity index is 651. The molecule has 2 rings (SSSR count). The number of aliphatic imine (C=N–C) groups is 1. The van der Waals surface area contributed by atoms with Gasteiger partial charge in [0.05, 0.1) is 12.1 Å². The highest BCUT2D eigenvalue weighted by molar-refractivity contribution is 7.11. The van der Waals surface area contributed by atoms with E-state index in [1.165, 1.54) is 10.4 Å². The van der Waals surface area contributed by atoms with Gasteiger partial charge in [-0.05, 0) is 31.5 Å². The van der Waals surface area contributed by atoms with Crippen molar-refractivity contribution in [1.82, 2.24) is 15.2 Å². The fourth-order valence-corrected chi connectivity index (χ4v) is 3.10. The van der Waals surface area contributed by atoms with E-state index in [0.29, 0.717) is 0 Å². The molecule has 0 radical (unpaired) electrons. The summed E-state index contributed by atoms with van der Waals surface area (Å²) in [6.45, 7) is 6.55. The van der Waals surface area contributed by atoms with E-state index >= 15 is 0 Å². The van der Waals surface area contributed by atoms with Crippen LogP contribution in [0, 0.1) is 6.92 Å². The fraction of sp³-hybridized carbons (Fsp3) is 0.444. The zero-order chi connectivity index (χ0) is 17.4. The third-order valence-electron chi connectivity index (χ3n) is 3.53. The van der Waals surface area contributed by atoms with Gasteiger partial charge in [0.25, 0.3) is 0 Å². The van der Waals surface area contributed by atoms with E-state index in [1.807, 2.05) is 18.3 Å². The SMILES string of the molecule is CCNC(=NCCc1ncc(C)s1)N(C)Cc1ccc(OC)cc1. The van der Waals surface area contributed by atoms with Crippen molar-refractivity contribution >= 4 is 17.3 Å². The van der Waals surface area contributed by atoms with E-state index in [1.54, 1.807) is 18.4 Å². The van der Waals surface area contributed by atoms with Gasteiger partial charge in [-0.1, -0.05) is 12.1 Å². The highest BCUT2D eigenvalue weighted by Crippen LogP contribution is 2.13. The predicted octanol–water partition coefficient (Wildman–Crippen LogP) is 3.10. The molecule has 0 bridgehead atoms. The Balaban J connectivity index is 1.94. The van der Waals surface area contributed by atoms with E-state index in [-0.39, 0.29) is 0 Å². The van der Waals surface area contributed by atoms with Gasteiger partial charge in [0.1, 0.15) is 5.75 Å². The molecule has 0 saturated carbocycles. The molecule has 24 heavy (non-hydrogen) atoms. The lowest BCUT2D eigenvalue weighted by Gasteiger charge is -2.22. The summed E-state index contributed by atoms with van der Waals surface area (Å²) in [6.07, 6.45) is 2.80. The highest BCUT2D eigenvalue weighted by atomic mass is 32.1. The third-order valence-corrected chi connectivity index (χ3v) is 4.50. The van der Waals surface area contributed by atoms with Gasteiger partial charge in [-0.3, -0.25) is 4.99 Å². The minimum absolute atomic E-state index is 0.738. The Morgan fingerprint density at radius 3 is 2.67 bits per heavy atom. The van der Waals surface area contributed by atoms with E-state index in [4.69, 9.17) is 9.73 Å². The predicted molar refractivity (Wildman–Crippen MR) is 101 cm³/mol. The van der Waals surface area contributed by atoms with Crippen molar-refractivity contribution in [2.75, 3.05) is 27.2 Å². The van der Waals surface area contributed by atoms with Crippen molar-refractivity contribution in [3.8, 4) is 5.75 Å². The number of nitrogens with one attached hydrogen (secondary N) is 1. The average molecular weight is 347 g/mol. The molecule has 0 unspecified atom stereocenters. The van der Waals surface area contributed by atoms with Crippen molar-refractivity contribution in [3.05, 3.63) is 45.9 Å². The second-order valence-electron chi connectivity index (χ2n) is 5.55. The van der Waals surface area contributed by atoms with E-state index in [9.17, 15) is 0 Å². The number of thiazole rings is 1. The maximum atomic E-state index is 5.20. The summed E-state index contributed by atoms with van der Waals surface area (Å²) in [6, 6.07) is 8.13. The molecular formula is C18H26N4OS. The minimum Gasteiger partial charge on any atom is -0.497 e. The summed E-state index contributed by atoms with van der Waals surface area (Å²) in [5.74, 6) is 1.79. The highest BCUT2D eigenvalue weighted by Gasteiger charge is 2.07. The second-order valence-corrected chi connectivity index (χ2v) is 6.87. The number of aromatic nitrogens is 1. The lowest BCUT2D eigenvalue weighted by Crippen LogP contribution is -2.38. The molecule has 0 amide bonds. The number of benzene rings is 1. The molecule has 0 aliphatic carbocycles. The first-order valence-electron chi connectivity index (χ1n) is 8.16. The van der Waals surface area contributed by atoms with Crippen LogP contribution in [0.5, 0.6) is 5.75 Å². The van der Waals surface area contributed by atoms with Crippen LogP contribution in [0.4, 0.5) is 0 Å². The summed E-state index contributed by atoms with van der Waals surface area (Å²) >= 11 is 1.74. The Kier molecular flexibility index (Phi) is 7.06. The quantitative estimate of drug-likeness (QED) is 0.618. The molecule has 5 nitrogen and oxygen atoms in total. The van der Waals surface area contributed by atoms with Crippen LogP contribution >= 0.6 is 11.3 Å². The molecule has 1 aromatic heterocycles. The van der Waals surface area contributed by atoms with Crippen LogP contribution in [0.2, 0.25) is 0 Å². The number of aryl methyl sites for hydroxylation is 1. The fourth-order valence-electron chi connectivity index (χ4n) is 2.32. The maximum Gasteiger partial charge on any atom is 0.193 e. The first kappa shape index (κ1) is 18.3. The van der Waals surface area contributed by atoms with Gasteiger partial charge in [-0.25, -0.2) is 4.98 Å². The molecule has 0 aliphatic rings. The van der Waals surface area contributed by atoms with Gasteiger partial charge in [0, 0.05) is 44.2 Å². The molecule has 130 valence electrons. The van der Waals surface area contributed by atoms with Crippen LogP contribution in [-0.4, -0.2) is 43.1 Å². The number of guanidine groups is 1. The molecule has 6 heteroatoms. The number of hydrogen-bond acceptors (Lipinski definition) is 4. The van der Waals surface area contributed by atoms with Gasteiger partial charge < -0.3 is 15.0 Å². The van der Waals surface area contributed by atoms with Crippen LogP contribution in [0.1, 0.15) is 22.4 Å². The first-order chi connectivity index (χ1) is 11.6. The summed E-state index contributed by atoms with van der Waals surface area (Å²) in [5.41, 5.74) is 1.22. The third kappa shape index (κ3) is 5.53. The maximum absolute atomic E-state index is 5.20. The van der Waals surface area contributed by atoms with Crippen LogP contribution < -0.4 is 10.1 Å². The summed E-state index contributed by atoms with van der Waals surface area (Å²) < 4.78 is 5.20. The molecule has 0 atom stereocenters. The summed E-state index contributed by atoms with van der Waals surface area (Å²) in [4.78, 5) is 12.5. The second kappa shape index (κ2) is 9.27. The molecule has 0 saturated heterocycles. The van der Waals surface area contributed by atoms with Crippen LogP contribution in [0.15, 0.2) is 35.5 Å². The largest absolute Gasteiger partial charge is 0.497 e. The number of methoxy groups -OCH3 is 1. The number of hydrogen-bond donors (Lipinski definition) is 1. The van der Waals surface area contributed by atoms with Gasteiger partial charge in [0.2, 0.25) is 0 Å². The number of nitrogens with zero attached hydrogens (tertiary/aromatic N) is 3. The first-order valence-corrected chi connectivity index (χ1v) is 8.97. The molecule has 1 heterocycles. The van der Waals surface area contributed by atoms with E-state index in [0.717, 1.165) is 42.8 Å². The van der Waals surface area contributed by atoms with Crippen LogP contribution in [0.3, 0.4) is 0 Å². The van der Waals surface area contributed by atoms with Crippen LogP contribution in [-0.2, 0) is 13.0 Å². The zero-order valence-corrected chi connectivity index (χ0v) is 15.7. The van der Waals surface area contributed by atoms with Gasteiger partial charge in [-0.2, -0.15) is 0 Å². The van der Waals surface area contributed by atoms with Gasteiger partial charge in [0.15, 0.2) is 5.96 Å². The van der Waals surface area contributed by atoms with Gasteiger partial charge in [-0.15, -0.1) is 11.3 Å². The van der Waals surface area contributed by atoms with Crippen molar-refractivity contribution in [2.45, 2.75) is 26.8 Å². The Morgan fingerprint density at radius 1 is 1.33 bits per heavy atom. The minimum atomic E-state index is 0.738. The Hall–Kier alpha value is -2.08. The topological polar surface area (TPSA) is 49.8 Å². The molecule has 2 aromatic rings. The van der Waals surface area contributed by atoms with Crippen molar-refractivity contribution in [1.29, 1.82) is 0 Å². The summed E-state index contributed by atoms with van der Waals surface area (Å²) in [7, 11) is 3.74. The number of ether oxygens (including phenoxy) is 1. The summed E-state index contributed by atoms with van der Waals surface area (Å²) in [5, 5.41) is 4.49. The molecule has 0 aliphatic heterocycles. The molecular weight excluding hydrogens is 320 g/mol. The molecule has 1 N–H and O–H groups in total. The molecule has 0 spiro atoms. The zero-order valence-electron chi connectivity index (χ0n) is 14.9. The van der Waals surface area contributed by atoms with Crippen LogP contribution in [0.25, 0.3) is 0 Å². The molecule has 0 fully saturated rings. The van der Waals surface area contributed by atoms with Gasteiger partial charge >= 0.3 is 0 Å². The van der Waals surface area contributed by atoms with Crippen molar-refractivity contribution in [3.63, 3.8) is 0 Å².